The summed E-state index contributed by atoms with van der Waals surface area (Å²) in [6.07, 6.45) is 0.395. The van der Waals surface area contributed by atoms with E-state index in [1.807, 2.05) is 19.1 Å². The predicted molar refractivity (Wildman–Crippen MR) is 76.9 cm³/mol. The number of benzene rings is 1. The molecule has 1 aromatic heterocycles. The fraction of sp³-hybridized carbons (Fsp3) is 0.385. The van der Waals surface area contributed by atoms with Gasteiger partial charge in [-0.1, -0.05) is 22.9 Å². The van der Waals surface area contributed by atoms with E-state index in [4.69, 9.17) is 16.7 Å². The van der Waals surface area contributed by atoms with Gasteiger partial charge in [-0.05, 0) is 24.6 Å². The summed E-state index contributed by atoms with van der Waals surface area (Å²) in [5.74, 6) is 0.0473. The zero-order valence-corrected chi connectivity index (χ0v) is 12.0. The molecule has 1 aliphatic rings. The number of hydrogen-bond acceptors (Lipinski definition) is 4. The second-order valence-electron chi connectivity index (χ2n) is 4.77. The van der Waals surface area contributed by atoms with Crippen LogP contribution in [0.15, 0.2) is 12.1 Å². The molecule has 1 aliphatic heterocycles. The summed E-state index contributed by atoms with van der Waals surface area (Å²) in [6, 6.07) is 3.78. The fourth-order valence-corrected chi connectivity index (χ4v) is 3.50. The Bertz CT molecular complexity index is 655. The molecule has 0 radical (unpaired) electrons. The first kappa shape index (κ1) is 12.8. The second-order valence-corrected chi connectivity index (χ2v) is 6.19. The smallest absolute Gasteiger partial charge is 0.229 e. The van der Waals surface area contributed by atoms with Gasteiger partial charge in [0.1, 0.15) is 0 Å². The summed E-state index contributed by atoms with van der Waals surface area (Å²) in [5.41, 5.74) is 1.79. The number of hydrogen-bond donors (Lipinski definition) is 1. The minimum Gasteiger partial charge on any atom is -0.396 e. The summed E-state index contributed by atoms with van der Waals surface area (Å²) < 4.78 is 1.03. The fourth-order valence-electron chi connectivity index (χ4n) is 2.29. The Balaban J connectivity index is 2.02. The van der Waals surface area contributed by atoms with Crippen LogP contribution in [0.4, 0.5) is 5.13 Å². The Morgan fingerprint density at radius 1 is 1.58 bits per heavy atom. The molecule has 0 saturated carbocycles. The van der Waals surface area contributed by atoms with Crippen LogP contribution in [0.25, 0.3) is 10.2 Å². The minimum atomic E-state index is 0.0178. The molecule has 0 spiro atoms. The molecule has 1 unspecified atom stereocenters. The zero-order valence-electron chi connectivity index (χ0n) is 10.4. The third kappa shape index (κ3) is 2.12. The summed E-state index contributed by atoms with van der Waals surface area (Å²) in [4.78, 5) is 18.1. The van der Waals surface area contributed by atoms with E-state index < -0.39 is 0 Å². The number of aromatic nitrogens is 1. The Kier molecular flexibility index (Phi) is 3.20. The molecule has 0 bridgehead atoms. The highest BCUT2D eigenvalue weighted by Crippen LogP contribution is 2.35. The van der Waals surface area contributed by atoms with Crippen LogP contribution >= 0.6 is 22.9 Å². The van der Waals surface area contributed by atoms with Crippen molar-refractivity contribution in [3.8, 4) is 0 Å². The van der Waals surface area contributed by atoms with E-state index in [-0.39, 0.29) is 18.4 Å². The van der Waals surface area contributed by atoms with Crippen molar-refractivity contribution >= 4 is 44.2 Å². The van der Waals surface area contributed by atoms with Gasteiger partial charge in [-0.2, -0.15) is 0 Å². The molecule has 1 saturated heterocycles. The maximum absolute atomic E-state index is 11.9. The van der Waals surface area contributed by atoms with Crippen LogP contribution in [0.3, 0.4) is 0 Å². The summed E-state index contributed by atoms with van der Waals surface area (Å²) in [7, 11) is 0. The van der Waals surface area contributed by atoms with Crippen LogP contribution < -0.4 is 4.90 Å². The van der Waals surface area contributed by atoms with Crippen molar-refractivity contribution in [2.24, 2.45) is 5.92 Å². The standard InChI is InChI=1S/C13H13ClN2O2S/c1-7-9(14)2-3-10-12(7)15-13(19-10)16-5-8(6-17)4-11(16)18/h2-3,8,17H,4-6H2,1H3. The highest BCUT2D eigenvalue weighted by Gasteiger charge is 2.32. The predicted octanol–water partition coefficient (Wildman–Crippen LogP) is 2.60. The maximum atomic E-state index is 11.9. The highest BCUT2D eigenvalue weighted by atomic mass is 35.5. The van der Waals surface area contributed by atoms with E-state index in [2.05, 4.69) is 4.98 Å². The van der Waals surface area contributed by atoms with E-state index >= 15 is 0 Å². The number of thiazole rings is 1. The number of halogens is 1. The largest absolute Gasteiger partial charge is 0.396 e. The Labute approximate surface area is 119 Å². The van der Waals surface area contributed by atoms with Crippen molar-refractivity contribution in [3.05, 3.63) is 22.7 Å². The summed E-state index contributed by atoms with van der Waals surface area (Å²) in [5, 5.41) is 10.5. The Morgan fingerprint density at radius 3 is 3.05 bits per heavy atom. The normalized spacial score (nSPS) is 19.6. The topological polar surface area (TPSA) is 53.4 Å². The quantitative estimate of drug-likeness (QED) is 0.927. The Morgan fingerprint density at radius 2 is 2.37 bits per heavy atom. The lowest BCUT2D eigenvalue weighted by molar-refractivity contribution is -0.117. The average molecular weight is 297 g/mol. The van der Waals surface area contributed by atoms with Crippen LogP contribution in [-0.4, -0.2) is 29.1 Å². The van der Waals surface area contributed by atoms with Crippen molar-refractivity contribution in [3.63, 3.8) is 0 Å². The van der Waals surface area contributed by atoms with Gasteiger partial charge in [-0.3, -0.25) is 9.69 Å². The lowest BCUT2D eigenvalue weighted by Gasteiger charge is -2.11. The Hall–Kier alpha value is -1.17. The summed E-state index contributed by atoms with van der Waals surface area (Å²) in [6.45, 7) is 2.51. The van der Waals surface area contributed by atoms with Gasteiger partial charge < -0.3 is 5.11 Å². The lowest BCUT2D eigenvalue weighted by atomic mass is 10.1. The summed E-state index contributed by atoms with van der Waals surface area (Å²) >= 11 is 7.57. The number of aliphatic hydroxyl groups excluding tert-OH is 1. The first-order chi connectivity index (χ1) is 9.10. The van der Waals surface area contributed by atoms with Gasteiger partial charge in [-0.25, -0.2) is 4.98 Å². The van der Waals surface area contributed by atoms with Gasteiger partial charge in [0, 0.05) is 30.5 Å². The van der Waals surface area contributed by atoms with Gasteiger partial charge >= 0.3 is 0 Å². The van der Waals surface area contributed by atoms with Crippen molar-refractivity contribution in [1.82, 2.24) is 4.98 Å². The number of nitrogens with zero attached hydrogens (tertiary/aromatic N) is 2. The van der Waals surface area contributed by atoms with Crippen molar-refractivity contribution < 1.29 is 9.90 Å². The van der Waals surface area contributed by atoms with E-state index in [1.54, 1.807) is 4.90 Å². The molecule has 1 amide bonds. The molecule has 1 aromatic carbocycles. The molecular formula is C13H13ClN2O2S. The second kappa shape index (κ2) is 4.74. The van der Waals surface area contributed by atoms with Gasteiger partial charge in [0.15, 0.2) is 5.13 Å². The van der Waals surface area contributed by atoms with Gasteiger partial charge in [0.25, 0.3) is 0 Å². The van der Waals surface area contributed by atoms with Crippen LogP contribution in [0.5, 0.6) is 0 Å². The average Bonchev–Trinajstić information content (AvgIpc) is 2.97. The molecule has 0 aliphatic carbocycles. The molecule has 4 nitrogen and oxygen atoms in total. The lowest BCUT2D eigenvalue weighted by Crippen LogP contribution is -2.24. The number of amides is 1. The molecular weight excluding hydrogens is 284 g/mol. The number of rotatable bonds is 2. The van der Waals surface area contributed by atoms with E-state index in [0.29, 0.717) is 23.1 Å². The first-order valence-electron chi connectivity index (χ1n) is 6.07. The third-order valence-electron chi connectivity index (χ3n) is 3.43. The number of anilines is 1. The zero-order chi connectivity index (χ0) is 13.6. The van der Waals surface area contributed by atoms with Gasteiger partial charge in [0.2, 0.25) is 5.91 Å². The molecule has 6 heteroatoms. The highest BCUT2D eigenvalue weighted by molar-refractivity contribution is 7.22. The molecule has 2 heterocycles. The number of aliphatic hydroxyl groups is 1. The SMILES string of the molecule is Cc1c(Cl)ccc2sc(N3CC(CO)CC3=O)nc12. The molecule has 100 valence electrons. The molecule has 19 heavy (non-hydrogen) atoms. The van der Waals surface area contributed by atoms with Gasteiger partial charge in [-0.15, -0.1) is 0 Å². The van der Waals surface area contributed by atoms with E-state index in [1.165, 1.54) is 11.3 Å². The van der Waals surface area contributed by atoms with Gasteiger partial charge in [0.05, 0.1) is 10.2 Å². The van der Waals surface area contributed by atoms with Crippen molar-refractivity contribution in [2.45, 2.75) is 13.3 Å². The maximum Gasteiger partial charge on any atom is 0.229 e. The molecule has 1 atom stereocenters. The molecule has 2 aromatic rings. The van der Waals surface area contributed by atoms with Crippen LogP contribution in [0.1, 0.15) is 12.0 Å². The van der Waals surface area contributed by atoms with E-state index in [0.717, 1.165) is 15.8 Å². The van der Waals surface area contributed by atoms with Crippen molar-refractivity contribution in [2.75, 3.05) is 18.1 Å². The van der Waals surface area contributed by atoms with Crippen LogP contribution in [-0.2, 0) is 4.79 Å². The first-order valence-corrected chi connectivity index (χ1v) is 7.26. The number of carbonyl (C=O) groups is 1. The molecule has 3 rings (SSSR count). The number of fused-ring (bicyclic) bond motifs is 1. The van der Waals surface area contributed by atoms with Crippen LogP contribution in [0.2, 0.25) is 5.02 Å². The third-order valence-corrected chi connectivity index (χ3v) is 4.88. The number of aryl methyl sites for hydroxylation is 1. The van der Waals surface area contributed by atoms with Crippen molar-refractivity contribution in [1.29, 1.82) is 0 Å². The van der Waals surface area contributed by atoms with E-state index in [9.17, 15) is 4.79 Å². The molecule has 1 fully saturated rings. The molecule has 1 N–H and O–H groups in total. The minimum absolute atomic E-state index is 0.0178. The number of carbonyl (C=O) groups excluding carboxylic acids is 1. The monoisotopic (exact) mass is 296 g/mol. The van der Waals surface area contributed by atoms with Crippen LogP contribution in [0, 0.1) is 12.8 Å².